The van der Waals surface area contributed by atoms with Gasteiger partial charge in [-0.2, -0.15) is 0 Å². The zero-order valence-electron chi connectivity index (χ0n) is 11.7. The SMILES string of the molecule is C=CCO[C@@H]1[C@H]2CC[C@H]1OCCN2C(=O)CS(C)(=O)=O. The lowest BCUT2D eigenvalue weighted by Crippen LogP contribution is -2.48. The van der Waals surface area contributed by atoms with Crippen LogP contribution in [0.5, 0.6) is 0 Å². The topological polar surface area (TPSA) is 72.9 Å². The molecule has 0 aromatic heterocycles. The minimum Gasteiger partial charge on any atom is -0.374 e. The molecule has 0 N–H and O–H groups in total. The van der Waals surface area contributed by atoms with Crippen molar-refractivity contribution in [3.05, 3.63) is 12.7 Å². The number of ether oxygens (including phenoxy) is 2. The van der Waals surface area contributed by atoms with Crippen molar-refractivity contribution in [1.82, 2.24) is 4.90 Å². The Balaban J connectivity index is 2.12. The summed E-state index contributed by atoms with van der Waals surface area (Å²) in [7, 11) is -3.33. The van der Waals surface area contributed by atoms with Gasteiger partial charge in [0.05, 0.1) is 25.4 Å². The largest absolute Gasteiger partial charge is 0.374 e. The van der Waals surface area contributed by atoms with E-state index >= 15 is 0 Å². The third-order valence-electron chi connectivity index (χ3n) is 3.67. The summed E-state index contributed by atoms with van der Waals surface area (Å²) in [6.07, 6.45) is 4.13. The van der Waals surface area contributed by atoms with Gasteiger partial charge in [0.15, 0.2) is 9.84 Å². The molecule has 20 heavy (non-hydrogen) atoms. The van der Waals surface area contributed by atoms with Crippen LogP contribution in [0.15, 0.2) is 12.7 Å². The molecular weight excluding hydrogens is 282 g/mol. The molecule has 0 aromatic carbocycles. The second kappa shape index (κ2) is 6.24. The van der Waals surface area contributed by atoms with Crippen LogP contribution in [0.4, 0.5) is 0 Å². The predicted octanol–water partition coefficient (Wildman–Crippen LogP) is -0.00800. The molecule has 3 atom stereocenters. The second-order valence-electron chi connectivity index (χ2n) is 5.30. The summed E-state index contributed by atoms with van der Waals surface area (Å²) < 4.78 is 34.0. The van der Waals surface area contributed by atoms with Crippen LogP contribution < -0.4 is 0 Å². The number of hydrogen-bond donors (Lipinski definition) is 0. The van der Waals surface area contributed by atoms with E-state index in [1.165, 1.54) is 0 Å². The summed E-state index contributed by atoms with van der Waals surface area (Å²) in [5.41, 5.74) is 0. The van der Waals surface area contributed by atoms with Crippen molar-refractivity contribution >= 4 is 15.7 Å². The lowest BCUT2D eigenvalue weighted by molar-refractivity contribution is -0.132. The lowest BCUT2D eigenvalue weighted by atomic mass is 10.1. The zero-order chi connectivity index (χ0) is 14.8. The normalized spacial score (nSPS) is 30.1. The van der Waals surface area contributed by atoms with Gasteiger partial charge in [-0.05, 0) is 12.8 Å². The first kappa shape index (κ1) is 15.5. The Labute approximate surface area is 119 Å². The molecule has 2 fully saturated rings. The molecule has 1 saturated carbocycles. The highest BCUT2D eigenvalue weighted by Gasteiger charge is 2.44. The maximum atomic E-state index is 12.2. The van der Waals surface area contributed by atoms with E-state index < -0.39 is 15.6 Å². The Morgan fingerprint density at radius 3 is 2.90 bits per heavy atom. The molecule has 1 heterocycles. The number of amides is 1. The molecule has 6 nitrogen and oxygen atoms in total. The average Bonchev–Trinajstić information content (AvgIpc) is 2.60. The van der Waals surface area contributed by atoms with Crippen LogP contribution in [-0.4, -0.2) is 69.2 Å². The third kappa shape index (κ3) is 3.59. The molecule has 1 saturated heterocycles. The molecule has 2 bridgehead atoms. The molecule has 2 aliphatic rings. The highest BCUT2D eigenvalue weighted by atomic mass is 32.2. The molecular formula is C13H21NO5S. The van der Waals surface area contributed by atoms with Gasteiger partial charge in [0, 0.05) is 12.8 Å². The Hall–Kier alpha value is -0.920. The molecule has 0 unspecified atom stereocenters. The molecule has 114 valence electrons. The zero-order valence-corrected chi connectivity index (χ0v) is 12.5. The number of rotatable bonds is 5. The van der Waals surface area contributed by atoms with Gasteiger partial charge in [-0.15, -0.1) is 6.58 Å². The number of hydrogen-bond acceptors (Lipinski definition) is 5. The van der Waals surface area contributed by atoms with Crippen molar-refractivity contribution in [2.24, 2.45) is 0 Å². The van der Waals surface area contributed by atoms with Crippen molar-refractivity contribution in [2.75, 3.05) is 31.8 Å². The number of nitrogens with zero attached hydrogens (tertiary/aromatic N) is 1. The third-order valence-corrected chi connectivity index (χ3v) is 4.44. The molecule has 0 aromatic rings. The van der Waals surface area contributed by atoms with Gasteiger partial charge in [-0.3, -0.25) is 4.79 Å². The Kier molecular flexibility index (Phi) is 4.82. The molecule has 0 radical (unpaired) electrons. The highest BCUT2D eigenvalue weighted by molar-refractivity contribution is 7.91. The summed E-state index contributed by atoms with van der Waals surface area (Å²) in [6.45, 7) is 4.86. The van der Waals surface area contributed by atoms with Crippen LogP contribution in [-0.2, 0) is 24.1 Å². The van der Waals surface area contributed by atoms with Crippen molar-refractivity contribution in [3.8, 4) is 0 Å². The van der Waals surface area contributed by atoms with E-state index in [1.807, 2.05) is 0 Å². The summed E-state index contributed by atoms with van der Waals surface area (Å²) in [5, 5.41) is 0. The Bertz CT molecular complexity index is 475. The van der Waals surface area contributed by atoms with E-state index in [-0.39, 0.29) is 24.2 Å². The monoisotopic (exact) mass is 303 g/mol. The van der Waals surface area contributed by atoms with Crippen LogP contribution in [0.25, 0.3) is 0 Å². The Morgan fingerprint density at radius 2 is 2.25 bits per heavy atom. The maximum Gasteiger partial charge on any atom is 0.238 e. The predicted molar refractivity (Wildman–Crippen MR) is 74.1 cm³/mol. The van der Waals surface area contributed by atoms with Crippen molar-refractivity contribution in [1.29, 1.82) is 0 Å². The van der Waals surface area contributed by atoms with Crippen LogP contribution >= 0.6 is 0 Å². The molecule has 1 aliphatic carbocycles. The van der Waals surface area contributed by atoms with E-state index in [0.717, 1.165) is 19.1 Å². The van der Waals surface area contributed by atoms with Gasteiger partial charge in [-0.25, -0.2) is 8.42 Å². The first-order valence-corrected chi connectivity index (χ1v) is 8.79. The fourth-order valence-corrected chi connectivity index (χ4v) is 3.52. The van der Waals surface area contributed by atoms with E-state index in [2.05, 4.69) is 6.58 Å². The van der Waals surface area contributed by atoms with Crippen molar-refractivity contribution < 1.29 is 22.7 Å². The van der Waals surface area contributed by atoms with E-state index in [0.29, 0.717) is 19.8 Å². The quantitative estimate of drug-likeness (QED) is 0.668. The van der Waals surface area contributed by atoms with E-state index in [4.69, 9.17) is 9.47 Å². The van der Waals surface area contributed by atoms with Gasteiger partial charge in [0.1, 0.15) is 11.9 Å². The molecule has 7 heteroatoms. The molecule has 1 aliphatic heterocycles. The summed E-state index contributed by atoms with van der Waals surface area (Å²) in [5.74, 6) is -0.821. The van der Waals surface area contributed by atoms with Crippen LogP contribution in [0.3, 0.4) is 0 Å². The fraction of sp³-hybridized carbons (Fsp3) is 0.769. The van der Waals surface area contributed by atoms with Crippen LogP contribution in [0, 0.1) is 0 Å². The van der Waals surface area contributed by atoms with Gasteiger partial charge < -0.3 is 14.4 Å². The van der Waals surface area contributed by atoms with Crippen LogP contribution in [0.2, 0.25) is 0 Å². The first-order valence-electron chi connectivity index (χ1n) is 6.73. The number of sulfone groups is 1. The molecule has 2 rings (SSSR count). The van der Waals surface area contributed by atoms with Crippen LogP contribution in [0.1, 0.15) is 12.8 Å². The molecule has 0 spiro atoms. The minimum absolute atomic E-state index is 0.0176. The molecule has 1 amide bonds. The second-order valence-corrected chi connectivity index (χ2v) is 7.44. The fourth-order valence-electron chi connectivity index (χ4n) is 2.91. The smallest absolute Gasteiger partial charge is 0.238 e. The summed E-state index contributed by atoms with van der Waals surface area (Å²) in [4.78, 5) is 13.8. The standard InChI is InChI=1S/C13H21NO5S/c1-3-7-19-13-10-4-5-11(13)18-8-6-14(10)12(15)9-20(2,16)17/h3,10-11,13H,1,4-9H2,2H3/t10-,11-,13-/m1/s1. The van der Waals surface area contributed by atoms with Crippen molar-refractivity contribution in [3.63, 3.8) is 0 Å². The van der Waals surface area contributed by atoms with Crippen molar-refractivity contribution in [2.45, 2.75) is 31.1 Å². The lowest BCUT2D eigenvalue weighted by Gasteiger charge is -2.31. The summed E-state index contributed by atoms with van der Waals surface area (Å²) >= 11 is 0. The minimum atomic E-state index is -3.33. The number of fused-ring (bicyclic) bond motifs is 2. The van der Waals surface area contributed by atoms with Gasteiger partial charge in [0.25, 0.3) is 0 Å². The van der Waals surface area contributed by atoms with E-state index in [9.17, 15) is 13.2 Å². The number of carbonyl (C=O) groups excluding carboxylic acids is 1. The number of carbonyl (C=O) groups is 1. The first-order chi connectivity index (χ1) is 9.42. The average molecular weight is 303 g/mol. The maximum absolute atomic E-state index is 12.2. The van der Waals surface area contributed by atoms with E-state index in [1.54, 1.807) is 11.0 Å². The summed E-state index contributed by atoms with van der Waals surface area (Å²) in [6, 6.07) is -0.100. The highest BCUT2D eigenvalue weighted by Crippen LogP contribution is 2.32. The van der Waals surface area contributed by atoms with Gasteiger partial charge in [-0.1, -0.05) is 6.08 Å². The van der Waals surface area contributed by atoms with Gasteiger partial charge >= 0.3 is 0 Å². The van der Waals surface area contributed by atoms with Gasteiger partial charge in [0.2, 0.25) is 5.91 Å². The Morgan fingerprint density at radius 1 is 1.50 bits per heavy atom.